The number of fused-ring (bicyclic) bond motifs is 20. The van der Waals surface area contributed by atoms with Crippen molar-refractivity contribution < 1.29 is 86.8 Å². The monoisotopic (exact) mass is 1510 g/mol. The molecule has 1 unspecified atom stereocenters. The second-order valence-corrected chi connectivity index (χ2v) is 28.3. The van der Waals surface area contributed by atoms with Gasteiger partial charge < -0.3 is 68.4 Å². The molecule has 580 valence electrons. The Balaban J connectivity index is 0.000000221. The van der Waals surface area contributed by atoms with E-state index in [-0.39, 0.29) is 82.1 Å². The Kier molecular flexibility index (Phi) is 23.9. The fraction of sp³-hybridized carbons (Fsp3) is 0.365. The van der Waals surface area contributed by atoms with Crippen LogP contribution in [0.5, 0.6) is 0 Å². The molecule has 0 saturated carbocycles. The predicted octanol–water partition coefficient (Wildman–Crippen LogP) is 9.58. The lowest BCUT2D eigenvalue weighted by molar-refractivity contribution is -0.150. The van der Waals surface area contributed by atoms with Crippen LogP contribution in [-0.4, -0.2) is 172 Å². The number of carboxylic acid groups (broad SMARTS) is 1. The van der Waals surface area contributed by atoms with Crippen LogP contribution >= 0.6 is 0 Å². The number of hydrogen-bond acceptors (Lipinski definition) is 21. The van der Waals surface area contributed by atoms with E-state index in [0.717, 1.165) is 99.9 Å². The molecule has 2 aliphatic carbocycles. The van der Waals surface area contributed by atoms with Crippen molar-refractivity contribution in [2.24, 2.45) is 27.2 Å². The van der Waals surface area contributed by atoms with Crippen LogP contribution < -0.4 is 10.7 Å². The molecule has 0 fully saturated rings. The summed E-state index contributed by atoms with van der Waals surface area (Å²) in [7, 11) is 6.45. The summed E-state index contributed by atoms with van der Waals surface area (Å²) in [5.74, 6) is -6.98. The second-order valence-electron chi connectivity index (χ2n) is 28.3. The molecular formula is C85H92N8O18. The molecule has 5 aliphatic heterocycles. The number of nitrogens with one attached hydrogen (secondary N) is 4. The average molecular weight is 1510 g/mol. The molecule has 10 heterocycles. The summed E-state index contributed by atoms with van der Waals surface area (Å²) in [6.45, 7) is 22.9. The maximum atomic E-state index is 13.8. The first-order chi connectivity index (χ1) is 53.1. The number of esters is 7. The molecule has 0 spiro atoms. The standard InChI is InChI=1S/C44H48N4O10.C41H44N4O8/c1-8-26-23(2)32-20-37-30-12-9-29(42(53)55-6)41(43(54)56-7)44(30,5)38(48-37)22-33-25(4)28(11-14-40(52)58-18-16-50)36(47-33)21-35-27(10-13-39(51)57-17-15-49)24(3)31(46-35)19-34(26)45-32;1-9-23-20(2)29-17-34-27-13-10-26(39(49)52-7)38(40(50)53-8)41(27,5)35(45-34)19-30-22(4)24(11-14-36(46)47)32(44-30)18-33-25(12-15-37(48)51-6)21(3)28(43-33)16-31(23)42-29/h8-9,12,19-22,41,45,47,49-50H,1,10-11,13-18H2,2-7H3;9-10,13,16-17,19,32,38,42-43H,1,11-12,14-15,18H2,2-8H3,(H,46,47)/b;29-17?,31-16-,35-19-/t41-,44+;32?,38-,41+/m01/s1. The fourth-order valence-corrected chi connectivity index (χ4v) is 16.1. The molecule has 0 amide bonds. The lowest BCUT2D eigenvalue weighted by Crippen LogP contribution is -2.42. The summed E-state index contributed by atoms with van der Waals surface area (Å²) in [5, 5.41) is 29.7. The van der Waals surface area contributed by atoms with Gasteiger partial charge in [-0.3, -0.25) is 43.7 Å². The van der Waals surface area contributed by atoms with Gasteiger partial charge in [0.15, 0.2) is 0 Å². The minimum Gasteiger partial charge on any atom is -0.481 e. The van der Waals surface area contributed by atoms with Crippen LogP contribution in [0.15, 0.2) is 111 Å². The van der Waals surface area contributed by atoms with E-state index in [1.807, 2.05) is 97.9 Å². The van der Waals surface area contributed by atoms with E-state index in [0.29, 0.717) is 81.3 Å². The largest absolute Gasteiger partial charge is 0.481 e. The zero-order chi connectivity index (χ0) is 80.2. The zero-order valence-electron chi connectivity index (χ0n) is 64.6. The van der Waals surface area contributed by atoms with Gasteiger partial charge in [-0.15, -0.1) is 0 Å². The van der Waals surface area contributed by atoms with Crippen LogP contribution in [0.2, 0.25) is 0 Å². The lowest BCUT2D eigenvalue weighted by atomic mass is 9.64. The highest BCUT2D eigenvalue weighted by Gasteiger charge is 2.56. The van der Waals surface area contributed by atoms with Crippen molar-refractivity contribution in [2.45, 2.75) is 125 Å². The lowest BCUT2D eigenvalue weighted by Gasteiger charge is -2.37. The number of aromatic nitrogens is 6. The van der Waals surface area contributed by atoms with Gasteiger partial charge in [0.05, 0.1) is 117 Å². The second kappa shape index (κ2) is 33.1. The third kappa shape index (κ3) is 15.2. The number of ether oxygens (including phenoxy) is 7. The van der Waals surface area contributed by atoms with Gasteiger partial charge in [0.1, 0.15) is 25.0 Å². The number of carboxylic acids is 1. The smallest absolute Gasteiger partial charge is 0.334 e. The van der Waals surface area contributed by atoms with Crippen LogP contribution in [0.4, 0.5) is 0 Å². The van der Waals surface area contributed by atoms with Crippen molar-refractivity contribution in [1.29, 1.82) is 0 Å². The molecule has 5 aromatic rings. The van der Waals surface area contributed by atoms with Crippen molar-refractivity contribution in [1.82, 2.24) is 29.9 Å². The van der Waals surface area contributed by atoms with Crippen LogP contribution in [0.3, 0.4) is 0 Å². The predicted molar refractivity (Wildman–Crippen MR) is 418 cm³/mol. The van der Waals surface area contributed by atoms with Gasteiger partial charge in [0.25, 0.3) is 0 Å². The molecule has 16 bridgehead atoms. The Morgan fingerprint density at radius 2 is 1.13 bits per heavy atom. The number of hydrogen-bond donors (Lipinski definition) is 7. The van der Waals surface area contributed by atoms with E-state index < -0.39 is 70.5 Å². The molecule has 26 heteroatoms. The van der Waals surface area contributed by atoms with E-state index in [4.69, 9.17) is 53.1 Å². The number of aliphatic imine (C=N–C) groups is 2. The molecule has 0 radical (unpaired) electrons. The molecule has 0 aromatic carbocycles. The molecule has 5 atom stereocenters. The van der Waals surface area contributed by atoms with Gasteiger partial charge in [0.2, 0.25) is 0 Å². The number of carbonyl (C=O) groups excluding carboxylic acids is 7. The van der Waals surface area contributed by atoms with Gasteiger partial charge in [-0.1, -0.05) is 49.6 Å². The van der Waals surface area contributed by atoms with E-state index in [2.05, 4.69) is 33.1 Å². The van der Waals surface area contributed by atoms with Crippen molar-refractivity contribution in [3.63, 3.8) is 0 Å². The number of allylic oxidation sites excluding steroid dienone is 10. The van der Waals surface area contributed by atoms with Gasteiger partial charge in [-0.05, 0) is 190 Å². The third-order valence-corrected chi connectivity index (χ3v) is 22.3. The quantitative estimate of drug-likeness (QED) is 0.0250. The first-order valence-corrected chi connectivity index (χ1v) is 36.5. The Morgan fingerprint density at radius 3 is 1.74 bits per heavy atom. The van der Waals surface area contributed by atoms with Crippen molar-refractivity contribution in [3.8, 4) is 0 Å². The van der Waals surface area contributed by atoms with Crippen LogP contribution in [0, 0.1) is 44.9 Å². The number of aryl methyl sites for hydroxylation is 3. The first-order valence-electron chi connectivity index (χ1n) is 36.5. The zero-order valence-corrected chi connectivity index (χ0v) is 64.6. The van der Waals surface area contributed by atoms with E-state index in [9.17, 15) is 53.7 Å². The van der Waals surface area contributed by atoms with Gasteiger partial charge in [-0.25, -0.2) is 14.6 Å². The minimum absolute atomic E-state index is 0.0176. The van der Waals surface area contributed by atoms with Gasteiger partial charge in [-0.2, -0.15) is 0 Å². The third-order valence-electron chi connectivity index (χ3n) is 22.3. The van der Waals surface area contributed by atoms with Gasteiger partial charge >= 0.3 is 47.8 Å². The number of H-pyrrole nitrogens is 4. The number of nitrogens with zero attached hydrogens (tertiary/aromatic N) is 4. The van der Waals surface area contributed by atoms with Crippen LogP contribution in [0.25, 0.3) is 63.1 Å². The highest BCUT2D eigenvalue weighted by atomic mass is 16.6. The average Bonchev–Trinajstić information content (AvgIpc) is 1.58. The van der Waals surface area contributed by atoms with Crippen molar-refractivity contribution in [3.05, 3.63) is 191 Å². The highest BCUT2D eigenvalue weighted by molar-refractivity contribution is 6.25. The summed E-state index contributed by atoms with van der Waals surface area (Å²) in [5.41, 5.74) is 18.1. The molecule has 7 aliphatic rings. The molecular weight excluding hydrogens is 1420 g/mol. The number of aliphatic hydroxyl groups is 2. The number of methoxy groups -OCH3 is 5. The molecule has 26 nitrogen and oxygen atoms in total. The number of aromatic amines is 4. The molecule has 5 aromatic heterocycles. The number of rotatable bonds is 22. The van der Waals surface area contributed by atoms with Crippen LogP contribution in [-0.2, 0) is 96.2 Å². The van der Waals surface area contributed by atoms with E-state index in [1.165, 1.54) is 35.5 Å². The Labute approximate surface area is 640 Å². The Bertz CT molecular complexity index is 5420. The van der Waals surface area contributed by atoms with E-state index in [1.54, 1.807) is 36.5 Å². The highest BCUT2D eigenvalue weighted by Crippen LogP contribution is 2.55. The van der Waals surface area contributed by atoms with E-state index >= 15 is 0 Å². The maximum absolute atomic E-state index is 13.8. The number of aliphatic carboxylic acids is 1. The minimum atomic E-state index is -1.20. The topological polar surface area (TPSA) is 376 Å². The van der Waals surface area contributed by atoms with Crippen LogP contribution in [0.1, 0.15) is 145 Å². The first kappa shape index (κ1) is 80.1. The molecule has 12 rings (SSSR count). The molecule has 7 N–H and O–H groups in total. The summed E-state index contributed by atoms with van der Waals surface area (Å²) in [6, 6.07) is 7.15. The summed E-state index contributed by atoms with van der Waals surface area (Å²) in [4.78, 5) is 138. The molecule has 111 heavy (non-hydrogen) atoms. The summed E-state index contributed by atoms with van der Waals surface area (Å²) in [6.07, 6.45) is 18.0. The maximum Gasteiger partial charge on any atom is 0.334 e. The summed E-state index contributed by atoms with van der Waals surface area (Å²) < 4.78 is 36.2. The van der Waals surface area contributed by atoms with Crippen molar-refractivity contribution in [2.75, 3.05) is 62.0 Å². The number of aliphatic hydroxyl groups excluding tert-OH is 2. The number of carbonyl (C=O) groups is 8. The molecule has 0 saturated heterocycles. The summed E-state index contributed by atoms with van der Waals surface area (Å²) >= 11 is 0. The fourth-order valence-electron chi connectivity index (χ4n) is 16.1. The van der Waals surface area contributed by atoms with Gasteiger partial charge in [0, 0.05) is 87.4 Å². The van der Waals surface area contributed by atoms with Crippen molar-refractivity contribution >= 4 is 122 Å². The Morgan fingerprint density at radius 1 is 0.541 bits per heavy atom. The SMILES string of the molecule is C=Cc1c(C)c2[nH]/c1=C\c1[nH]c(c(CCC(=O)OC)c1C)CC1N=C(/C=C3\N=C(C=2)C2=CC=C(C(=O)OC)[C@H](C(=O)OC)[C@@]23C)C(C)=C1CCC(=O)O.C=Cc1c(C)c2cc3nc(cc4[nH]c(cc5nc(cc1[nH]2)C(C)=C5CCC(=O)OCCO)c(CCC(=O)OCCO)c4C)[C@@]1(C)C3=CC=C(C(=O)OC)[C@H]1C(=O)OC. The normalized spacial score (nSPS) is 20.0. The Hall–Kier alpha value is -11.9.